The van der Waals surface area contributed by atoms with Crippen LogP contribution in [0.25, 0.3) is 5.57 Å². The van der Waals surface area contributed by atoms with E-state index in [0.717, 1.165) is 17.9 Å². The van der Waals surface area contributed by atoms with Gasteiger partial charge in [0, 0.05) is 12.6 Å². The van der Waals surface area contributed by atoms with Crippen LogP contribution in [-0.2, 0) is 0 Å². The summed E-state index contributed by atoms with van der Waals surface area (Å²) < 4.78 is 0. The standard InChI is InChI=1S/C21H27N/c1-16-10-11-21-20(16)12-13-22(21)15-17-6-5-9-19(14-17)18-7-3-2-4-8-18/h2-5,7-9,14,16-17,20-21H,6,10-13,15H2,1H3. The molecule has 0 spiro atoms. The number of likely N-dealkylation sites (tertiary alicyclic amines) is 1. The number of allylic oxidation sites excluding steroid dienone is 3. The smallest absolute Gasteiger partial charge is 0.0127 e. The molecule has 1 heteroatoms. The normalized spacial score (nSPS) is 34.7. The van der Waals surface area contributed by atoms with Crippen molar-refractivity contribution < 1.29 is 0 Å². The van der Waals surface area contributed by atoms with E-state index in [1.807, 2.05) is 0 Å². The third kappa shape index (κ3) is 2.67. The van der Waals surface area contributed by atoms with Gasteiger partial charge in [-0.05, 0) is 61.1 Å². The summed E-state index contributed by atoms with van der Waals surface area (Å²) in [5, 5.41) is 0. The number of benzene rings is 1. The Labute approximate surface area is 134 Å². The van der Waals surface area contributed by atoms with Gasteiger partial charge in [0.15, 0.2) is 0 Å². The molecule has 0 amide bonds. The molecule has 0 aromatic heterocycles. The molecule has 1 saturated heterocycles. The molecular formula is C21H27N. The SMILES string of the molecule is CC1CCC2C1CCN2CC1C=C(c2ccccc2)C=CC1. The molecule has 116 valence electrons. The van der Waals surface area contributed by atoms with E-state index in [-0.39, 0.29) is 0 Å². The Kier molecular flexibility index (Phi) is 3.92. The van der Waals surface area contributed by atoms with Gasteiger partial charge in [-0.2, -0.15) is 0 Å². The highest BCUT2D eigenvalue weighted by atomic mass is 15.2. The minimum atomic E-state index is 0.690. The van der Waals surface area contributed by atoms with Crippen molar-refractivity contribution in [3.8, 4) is 0 Å². The summed E-state index contributed by atoms with van der Waals surface area (Å²) in [6.45, 7) is 5.05. The minimum Gasteiger partial charge on any atom is -0.299 e. The molecule has 1 heterocycles. The summed E-state index contributed by atoms with van der Waals surface area (Å²) in [7, 11) is 0. The van der Waals surface area contributed by atoms with Gasteiger partial charge in [-0.1, -0.05) is 55.5 Å². The molecule has 2 aliphatic carbocycles. The van der Waals surface area contributed by atoms with Crippen LogP contribution in [0.1, 0.15) is 38.2 Å². The molecule has 0 bridgehead atoms. The van der Waals surface area contributed by atoms with Crippen molar-refractivity contribution in [2.75, 3.05) is 13.1 Å². The van der Waals surface area contributed by atoms with E-state index < -0.39 is 0 Å². The Bertz CT molecular complexity index is 571. The lowest BCUT2D eigenvalue weighted by atomic mass is 9.91. The van der Waals surface area contributed by atoms with Gasteiger partial charge >= 0.3 is 0 Å². The molecule has 22 heavy (non-hydrogen) atoms. The van der Waals surface area contributed by atoms with Crippen molar-refractivity contribution in [2.45, 2.75) is 38.6 Å². The predicted molar refractivity (Wildman–Crippen MR) is 93.5 cm³/mol. The third-order valence-corrected chi connectivity index (χ3v) is 6.09. The van der Waals surface area contributed by atoms with E-state index in [2.05, 4.69) is 60.4 Å². The molecule has 2 fully saturated rings. The minimum absolute atomic E-state index is 0.690. The quantitative estimate of drug-likeness (QED) is 0.776. The highest BCUT2D eigenvalue weighted by molar-refractivity contribution is 5.74. The van der Waals surface area contributed by atoms with Crippen LogP contribution in [-0.4, -0.2) is 24.0 Å². The van der Waals surface area contributed by atoms with Crippen LogP contribution < -0.4 is 0 Å². The Hall–Kier alpha value is -1.34. The molecule has 0 radical (unpaired) electrons. The maximum Gasteiger partial charge on any atom is 0.0127 e. The number of hydrogen-bond acceptors (Lipinski definition) is 1. The Balaban J connectivity index is 1.46. The molecule has 1 aromatic rings. The van der Waals surface area contributed by atoms with Gasteiger partial charge in [0.05, 0.1) is 0 Å². The maximum absolute atomic E-state index is 2.80. The fourth-order valence-corrected chi connectivity index (χ4v) is 4.88. The lowest BCUT2D eigenvalue weighted by Crippen LogP contribution is -2.34. The number of nitrogens with zero attached hydrogens (tertiary/aromatic N) is 1. The topological polar surface area (TPSA) is 3.24 Å². The Morgan fingerprint density at radius 1 is 1.09 bits per heavy atom. The van der Waals surface area contributed by atoms with Gasteiger partial charge in [-0.15, -0.1) is 0 Å². The maximum atomic E-state index is 2.80. The number of fused-ring (bicyclic) bond motifs is 1. The summed E-state index contributed by atoms with van der Waals surface area (Å²) in [5.41, 5.74) is 2.77. The molecule has 1 aromatic carbocycles. The molecular weight excluding hydrogens is 266 g/mol. The molecule has 4 atom stereocenters. The van der Waals surface area contributed by atoms with Crippen LogP contribution in [0.5, 0.6) is 0 Å². The van der Waals surface area contributed by atoms with Crippen LogP contribution in [0.15, 0.2) is 48.6 Å². The fraction of sp³-hybridized carbons (Fsp3) is 0.524. The molecule has 3 aliphatic rings. The largest absolute Gasteiger partial charge is 0.299 e. The lowest BCUT2D eigenvalue weighted by Gasteiger charge is -2.28. The van der Waals surface area contributed by atoms with E-state index in [0.29, 0.717) is 5.92 Å². The first-order valence-electron chi connectivity index (χ1n) is 8.99. The Morgan fingerprint density at radius 3 is 2.82 bits per heavy atom. The highest BCUT2D eigenvalue weighted by Crippen LogP contribution is 2.42. The van der Waals surface area contributed by atoms with E-state index in [4.69, 9.17) is 0 Å². The second kappa shape index (κ2) is 6.04. The highest BCUT2D eigenvalue weighted by Gasteiger charge is 2.41. The molecule has 4 unspecified atom stereocenters. The van der Waals surface area contributed by atoms with Crippen LogP contribution in [0.4, 0.5) is 0 Å². The summed E-state index contributed by atoms with van der Waals surface area (Å²) in [5.74, 6) is 2.63. The predicted octanol–water partition coefficient (Wildman–Crippen LogP) is 4.77. The van der Waals surface area contributed by atoms with Gasteiger partial charge in [-0.25, -0.2) is 0 Å². The van der Waals surface area contributed by atoms with Gasteiger partial charge in [0.1, 0.15) is 0 Å². The third-order valence-electron chi connectivity index (χ3n) is 6.09. The van der Waals surface area contributed by atoms with Crippen molar-refractivity contribution in [1.82, 2.24) is 4.90 Å². The van der Waals surface area contributed by atoms with E-state index >= 15 is 0 Å². The second-order valence-electron chi connectivity index (χ2n) is 7.46. The van der Waals surface area contributed by atoms with Crippen molar-refractivity contribution in [2.24, 2.45) is 17.8 Å². The summed E-state index contributed by atoms with van der Waals surface area (Å²) in [6, 6.07) is 11.7. The summed E-state index contributed by atoms with van der Waals surface area (Å²) >= 11 is 0. The van der Waals surface area contributed by atoms with Gasteiger partial charge in [0.25, 0.3) is 0 Å². The zero-order valence-electron chi connectivity index (χ0n) is 13.6. The lowest BCUT2D eigenvalue weighted by molar-refractivity contribution is 0.215. The molecule has 1 aliphatic heterocycles. The van der Waals surface area contributed by atoms with Crippen molar-refractivity contribution in [1.29, 1.82) is 0 Å². The van der Waals surface area contributed by atoms with E-state index in [1.165, 1.54) is 49.9 Å². The zero-order valence-corrected chi connectivity index (χ0v) is 13.6. The van der Waals surface area contributed by atoms with Gasteiger partial charge < -0.3 is 0 Å². The summed E-state index contributed by atoms with van der Waals surface area (Å²) in [6.07, 6.45) is 12.7. The molecule has 1 saturated carbocycles. The first-order chi connectivity index (χ1) is 10.8. The van der Waals surface area contributed by atoms with E-state index in [9.17, 15) is 0 Å². The number of hydrogen-bond donors (Lipinski definition) is 0. The van der Waals surface area contributed by atoms with Crippen molar-refractivity contribution in [3.05, 3.63) is 54.1 Å². The molecule has 1 nitrogen and oxygen atoms in total. The molecule has 0 N–H and O–H groups in total. The average Bonchev–Trinajstić information content (AvgIpc) is 3.13. The van der Waals surface area contributed by atoms with Gasteiger partial charge in [0.2, 0.25) is 0 Å². The zero-order chi connectivity index (χ0) is 14.9. The van der Waals surface area contributed by atoms with Crippen molar-refractivity contribution in [3.63, 3.8) is 0 Å². The summed E-state index contributed by atoms with van der Waals surface area (Å²) in [4.78, 5) is 2.80. The second-order valence-corrected chi connectivity index (χ2v) is 7.46. The van der Waals surface area contributed by atoms with Crippen LogP contribution in [0, 0.1) is 17.8 Å². The first kappa shape index (κ1) is 14.3. The van der Waals surface area contributed by atoms with Crippen LogP contribution >= 0.6 is 0 Å². The van der Waals surface area contributed by atoms with Gasteiger partial charge in [-0.3, -0.25) is 4.90 Å². The van der Waals surface area contributed by atoms with Crippen LogP contribution in [0.3, 0.4) is 0 Å². The average molecular weight is 293 g/mol. The Morgan fingerprint density at radius 2 is 1.95 bits per heavy atom. The number of rotatable bonds is 3. The molecule has 4 rings (SSSR count). The fourth-order valence-electron chi connectivity index (χ4n) is 4.88. The van der Waals surface area contributed by atoms with Crippen molar-refractivity contribution >= 4 is 5.57 Å². The van der Waals surface area contributed by atoms with Crippen LogP contribution in [0.2, 0.25) is 0 Å². The monoisotopic (exact) mass is 293 g/mol. The first-order valence-corrected chi connectivity index (χ1v) is 8.99. The van der Waals surface area contributed by atoms with E-state index in [1.54, 1.807) is 0 Å².